The molecule has 0 amide bonds. The van der Waals surface area contributed by atoms with Crippen molar-refractivity contribution in [1.29, 1.82) is 0 Å². The van der Waals surface area contributed by atoms with Crippen LogP contribution in [0.4, 0.5) is 13.2 Å². The van der Waals surface area contributed by atoms with Crippen molar-refractivity contribution in [1.82, 2.24) is 15.1 Å². The predicted octanol–water partition coefficient (Wildman–Crippen LogP) is 1.65. The highest BCUT2D eigenvalue weighted by atomic mass is 19.4. The first-order chi connectivity index (χ1) is 7.05. The summed E-state index contributed by atoms with van der Waals surface area (Å²) in [4.78, 5) is 0. The van der Waals surface area contributed by atoms with Crippen molar-refractivity contribution < 1.29 is 13.2 Å². The monoisotopic (exact) mass is 219 g/mol. The molecule has 0 atom stereocenters. The second kappa shape index (κ2) is 3.84. The Morgan fingerprint density at radius 3 is 2.73 bits per heavy atom. The minimum atomic E-state index is -4.29. The quantitative estimate of drug-likeness (QED) is 0.834. The number of hydrogen-bond acceptors (Lipinski definition) is 2. The van der Waals surface area contributed by atoms with E-state index in [4.69, 9.17) is 0 Å². The topological polar surface area (TPSA) is 29.9 Å². The molecule has 1 aliphatic rings. The van der Waals surface area contributed by atoms with Gasteiger partial charge in [-0.05, 0) is 12.8 Å². The molecule has 1 aliphatic carbocycles. The van der Waals surface area contributed by atoms with Gasteiger partial charge in [0.2, 0.25) is 0 Å². The van der Waals surface area contributed by atoms with Crippen LogP contribution in [-0.4, -0.2) is 22.4 Å². The van der Waals surface area contributed by atoms with Crippen LogP contribution >= 0.6 is 0 Å². The molecule has 1 N–H and O–H groups in total. The number of nitrogens with zero attached hydrogens (tertiary/aromatic N) is 2. The lowest BCUT2D eigenvalue weighted by atomic mass is 10.4. The Bertz CT molecular complexity index is 328. The first-order valence-electron chi connectivity index (χ1n) is 4.89. The van der Waals surface area contributed by atoms with Gasteiger partial charge in [0.1, 0.15) is 0 Å². The van der Waals surface area contributed by atoms with Gasteiger partial charge in [0, 0.05) is 18.8 Å². The van der Waals surface area contributed by atoms with Crippen LogP contribution in [0, 0.1) is 0 Å². The maximum Gasteiger partial charge on any atom is 0.419 e. The Labute approximate surface area is 85.3 Å². The van der Waals surface area contributed by atoms with E-state index >= 15 is 0 Å². The molecule has 0 bridgehead atoms. The second-order valence-corrected chi connectivity index (χ2v) is 3.72. The molecule has 1 aromatic heterocycles. The summed E-state index contributed by atoms with van der Waals surface area (Å²) < 4.78 is 37.9. The van der Waals surface area contributed by atoms with Gasteiger partial charge in [0.15, 0.2) is 0 Å². The van der Waals surface area contributed by atoms with Gasteiger partial charge in [-0.15, -0.1) is 0 Å². The van der Waals surface area contributed by atoms with Crippen LogP contribution in [0.3, 0.4) is 0 Å². The molecule has 2 rings (SSSR count). The van der Waals surface area contributed by atoms with Crippen molar-refractivity contribution >= 4 is 0 Å². The van der Waals surface area contributed by atoms with Crippen LogP contribution in [0.2, 0.25) is 0 Å². The molecule has 84 valence electrons. The summed E-state index contributed by atoms with van der Waals surface area (Å²) in [6, 6.07) is 0.572. The Balaban J connectivity index is 1.83. The number of alkyl halides is 3. The summed E-state index contributed by atoms with van der Waals surface area (Å²) in [5.41, 5.74) is -0.686. The second-order valence-electron chi connectivity index (χ2n) is 3.72. The fourth-order valence-electron chi connectivity index (χ4n) is 1.30. The van der Waals surface area contributed by atoms with Crippen molar-refractivity contribution in [3.63, 3.8) is 0 Å². The number of hydrogen-bond donors (Lipinski definition) is 1. The highest BCUT2D eigenvalue weighted by Gasteiger charge is 2.32. The summed E-state index contributed by atoms with van der Waals surface area (Å²) in [5.74, 6) is 0. The summed E-state index contributed by atoms with van der Waals surface area (Å²) in [6.45, 7) is 1.15. The average molecular weight is 219 g/mol. The van der Waals surface area contributed by atoms with Gasteiger partial charge in [0.25, 0.3) is 0 Å². The number of rotatable bonds is 4. The third kappa shape index (κ3) is 2.95. The molecule has 0 radical (unpaired) electrons. The maximum atomic E-state index is 12.2. The van der Waals surface area contributed by atoms with Gasteiger partial charge >= 0.3 is 6.18 Å². The van der Waals surface area contributed by atoms with Gasteiger partial charge in [-0.2, -0.15) is 18.3 Å². The SMILES string of the molecule is FC(F)(F)c1cnn(CCNC2CC2)c1. The Morgan fingerprint density at radius 2 is 2.20 bits per heavy atom. The molecular formula is C9H12F3N3. The molecule has 1 aromatic rings. The van der Waals surface area contributed by atoms with Crippen LogP contribution < -0.4 is 5.32 Å². The molecule has 15 heavy (non-hydrogen) atoms. The fraction of sp³-hybridized carbons (Fsp3) is 0.667. The van der Waals surface area contributed by atoms with Gasteiger partial charge in [-0.3, -0.25) is 4.68 Å². The Morgan fingerprint density at radius 1 is 1.47 bits per heavy atom. The molecule has 1 saturated carbocycles. The molecule has 0 aromatic carbocycles. The molecule has 1 fully saturated rings. The largest absolute Gasteiger partial charge is 0.419 e. The zero-order valence-corrected chi connectivity index (χ0v) is 8.09. The zero-order chi connectivity index (χ0) is 10.9. The van der Waals surface area contributed by atoms with Crippen molar-refractivity contribution in [2.45, 2.75) is 31.6 Å². The van der Waals surface area contributed by atoms with Gasteiger partial charge in [-0.1, -0.05) is 0 Å². The maximum absolute atomic E-state index is 12.2. The minimum absolute atomic E-state index is 0.479. The smallest absolute Gasteiger partial charge is 0.312 e. The number of aromatic nitrogens is 2. The first-order valence-corrected chi connectivity index (χ1v) is 4.89. The normalized spacial score (nSPS) is 17.0. The van der Waals surface area contributed by atoms with Crippen molar-refractivity contribution in [2.24, 2.45) is 0 Å². The third-order valence-electron chi connectivity index (χ3n) is 2.31. The molecule has 0 saturated heterocycles. The molecule has 0 spiro atoms. The molecule has 1 heterocycles. The van der Waals surface area contributed by atoms with E-state index in [0.29, 0.717) is 19.1 Å². The van der Waals surface area contributed by atoms with Gasteiger partial charge in [-0.25, -0.2) is 0 Å². The highest BCUT2D eigenvalue weighted by Crippen LogP contribution is 2.28. The van der Waals surface area contributed by atoms with E-state index in [0.717, 1.165) is 12.4 Å². The summed E-state index contributed by atoms with van der Waals surface area (Å²) in [7, 11) is 0. The number of halogens is 3. The molecular weight excluding hydrogens is 207 g/mol. The lowest BCUT2D eigenvalue weighted by Crippen LogP contribution is -2.22. The van der Waals surface area contributed by atoms with Crippen molar-refractivity contribution in [3.05, 3.63) is 18.0 Å². The number of nitrogens with one attached hydrogen (secondary N) is 1. The van der Waals surface area contributed by atoms with Crippen LogP contribution in [-0.2, 0) is 12.7 Å². The minimum Gasteiger partial charge on any atom is -0.312 e. The third-order valence-corrected chi connectivity index (χ3v) is 2.31. The molecule has 0 unspecified atom stereocenters. The van der Waals surface area contributed by atoms with Gasteiger partial charge in [0.05, 0.1) is 18.3 Å². The fourth-order valence-corrected chi connectivity index (χ4v) is 1.30. The van der Waals surface area contributed by atoms with E-state index < -0.39 is 11.7 Å². The standard InChI is InChI=1S/C9H12F3N3/c10-9(11,12)7-5-14-15(6-7)4-3-13-8-1-2-8/h5-6,8,13H,1-4H2. The lowest BCUT2D eigenvalue weighted by Gasteiger charge is -2.03. The summed E-state index contributed by atoms with van der Waals surface area (Å²) in [6.07, 6.45) is -0.0479. The Kier molecular flexibility index (Phi) is 2.68. The van der Waals surface area contributed by atoms with Crippen LogP contribution in [0.5, 0.6) is 0 Å². The van der Waals surface area contributed by atoms with Crippen LogP contribution in [0.25, 0.3) is 0 Å². The van der Waals surface area contributed by atoms with E-state index in [-0.39, 0.29) is 0 Å². The highest BCUT2D eigenvalue weighted by molar-refractivity contribution is 5.08. The Hall–Kier alpha value is -1.04. The van der Waals surface area contributed by atoms with Gasteiger partial charge < -0.3 is 5.32 Å². The average Bonchev–Trinajstić information content (AvgIpc) is 2.80. The molecule has 3 nitrogen and oxygen atoms in total. The van der Waals surface area contributed by atoms with E-state index in [9.17, 15) is 13.2 Å². The first kappa shape index (κ1) is 10.5. The van der Waals surface area contributed by atoms with E-state index in [1.807, 2.05) is 0 Å². The van der Waals surface area contributed by atoms with Crippen molar-refractivity contribution in [2.75, 3.05) is 6.54 Å². The summed E-state index contributed by atoms with van der Waals surface area (Å²) in [5, 5.41) is 6.87. The molecule has 6 heteroatoms. The van der Waals surface area contributed by atoms with E-state index in [1.54, 1.807) is 0 Å². The van der Waals surface area contributed by atoms with E-state index in [1.165, 1.54) is 17.5 Å². The molecule has 0 aliphatic heterocycles. The lowest BCUT2D eigenvalue weighted by molar-refractivity contribution is -0.137. The van der Waals surface area contributed by atoms with E-state index in [2.05, 4.69) is 10.4 Å². The van der Waals surface area contributed by atoms with Crippen LogP contribution in [0.1, 0.15) is 18.4 Å². The predicted molar refractivity (Wildman–Crippen MR) is 48.3 cm³/mol. The summed E-state index contributed by atoms with van der Waals surface area (Å²) >= 11 is 0. The van der Waals surface area contributed by atoms with Crippen molar-refractivity contribution in [3.8, 4) is 0 Å². The zero-order valence-electron chi connectivity index (χ0n) is 8.09. The van der Waals surface area contributed by atoms with Crippen LogP contribution in [0.15, 0.2) is 12.4 Å².